The predicted octanol–water partition coefficient (Wildman–Crippen LogP) is 2.25. The molecule has 1 N–H and O–H groups in total. The summed E-state index contributed by atoms with van der Waals surface area (Å²) in [6, 6.07) is 2.33. The summed E-state index contributed by atoms with van der Waals surface area (Å²) in [6.07, 6.45) is 2.06. The molecule has 0 aromatic carbocycles. The first kappa shape index (κ1) is 15.4. The van der Waals surface area contributed by atoms with Crippen LogP contribution in [0.15, 0.2) is 0 Å². The fourth-order valence-electron chi connectivity index (χ4n) is 1.61. The second-order valence-electron chi connectivity index (χ2n) is 4.88. The van der Waals surface area contributed by atoms with Gasteiger partial charge in [0.15, 0.2) is 0 Å². The van der Waals surface area contributed by atoms with Crippen molar-refractivity contribution < 1.29 is 0 Å². The van der Waals surface area contributed by atoms with E-state index in [0.29, 0.717) is 0 Å². The van der Waals surface area contributed by atoms with Gasteiger partial charge in [0.05, 0.1) is 11.5 Å². The third-order valence-corrected chi connectivity index (χ3v) is 2.96. The normalized spacial score (nSPS) is 11.8. The Labute approximate surface area is 101 Å². The first-order valence-corrected chi connectivity index (χ1v) is 6.40. The van der Waals surface area contributed by atoms with Crippen LogP contribution in [0.2, 0.25) is 0 Å². The van der Waals surface area contributed by atoms with Gasteiger partial charge < -0.3 is 10.2 Å². The molecular weight excluding hydrogens is 198 g/mol. The highest BCUT2D eigenvalue weighted by Gasteiger charge is 2.15. The van der Waals surface area contributed by atoms with Gasteiger partial charge in [-0.1, -0.05) is 13.8 Å². The largest absolute Gasteiger partial charge is 0.315 e. The Morgan fingerprint density at radius 1 is 1.19 bits per heavy atom. The Balaban J connectivity index is 3.38. The van der Waals surface area contributed by atoms with Crippen molar-refractivity contribution in [2.75, 3.05) is 32.7 Å². The van der Waals surface area contributed by atoms with Crippen LogP contribution >= 0.6 is 0 Å². The van der Waals surface area contributed by atoms with Crippen LogP contribution in [0.1, 0.15) is 40.5 Å². The number of nitriles is 1. The van der Waals surface area contributed by atoms with E-state index in [1.165, 1.54) is 0 Å². The maximum absolute atomic E-state index is 8.86. The van der Waals surface area contributed by atoms with Gasteiger partial charge in [0, 0.05) is 13.1 Å². The van der Waals surface area contributed by atoms with E-state index in [0.717, 1.165) is 45.6 Å². The molecule has 3 nitrogen and oxygen atoms in total. The second kappa shape index (κ2) is 8.55. The molecule has 0 aromatic rings. The molecule has 0 atom stereocenters. The number of nitrogens with one attached hydrogen (secondary N) is 1. The van der Waals surface area contributed by atoms with Crippen molar-refractivity contribution in [3.63, 3.8) is 0 Å². The molecule has 0 heterocycles. The quantitative estimate of drug-likeness (QED) is 0.612. The van der Waals surface area contributed by atoms with E-state index in [2.05, 4.69) is 30.1 Å². The highest BCUT2D eigenvalue weighted by molar-refractivity contribution is 4.91. The molecule has 94 valence electrons. The van der Waals surface area contributed by atoms with E-state index < -0.39 is 0 Å². The van der Waals surface area contributed by atoms with Gasteiger partial charge in [-0.15, -0.1) is 0 Å². The lowest BCUT2D eigenvalue weighted by molar-refractivity contribution is 0.301. The van der Waals surface area contributed by atoms with Crippen molar-refractivity contribution in [2.24, 2.45) is 5.41 Å². The average Bonchev–Trinajstić information content (AvgIpc) is 2.28. The molecule has 0 saturated carbocycles. The Bertz CT molecular complexity index is 202. The summed E-state index contributed by atoms with van der Waals surface area (Å²) in [5.74, 6) is 0. The topological polar surface area (TPSA) is 39.1 Å². The second-order valence-corrected chi connectivity index (χ2v) is 4.88. The first-order valence-electron chi connectivity index (χ1n) is 6.40. The number of rotatable bonds is 9. The summed E-state index contributed by atoms with van der Waals surface area (Å²) in [7, 11) is 0. The lowest BCUT2D eigenvalue weighted by Crippen LogP contribution is -2.32. The van der Waals surface area contributed by atoms with E-state index in [1.807, 2.05) is 13.8 Å². The van der Waals surface area contributed by atoms with E-state index >= 15 is 0 Å². The van der Waals surface area contributed by atoms with E-state index in [1.54, 1.807) is 0 Å². The molecular formula is C13H27N3. The fraction of sp³-hybridized carbons (Fsp3) is 0.923. The molecule has 0 fully saturated rings. The molecule has 3 heteroatoms. The Morgan fingerprint density at radius 2 is 1.81 bits per heavy atom. The maximum Gasteiger partial charge on any atom is 0.0683 e. The summed E-state index contributed by atoms with van der Waals surface area (Å²) in [5, 5.41) is 12.3. The summed E-state index contributed by atoms with van der Waals surface area (Å²) < 4.78 is 0. The van der Waals surface area contributed by atoms with Gasteiger partial charge in [-0.2, -0.15) is 5.26 Å². The van der Waals surface area contributed by atoms with Gasteiger partial charge in [0.25, 0.3) is 0 Å². The van der Waals surface area contributed by atoms with Crippen LogP contribution in [0.5, 0.6) is 0 Å². The molecule has 0 bridgehead atoms. The van der Waals surface area contributed by atoms with E-state index in [4.69, 9.17) is 5.26 Å². The number of likely N-dealkylation sites (N-methyl/N-ethyl adjacent to an activating group) is 1. The zero-order valence-electron chi connectivity index (χ0n) is 11.3. The molecule has 0 aromatic heterocycles. The third-order valence-electron chi connectivity index (χ3n) is 2.96. The first-order chi connectivity index (χ1) is 7.55. The average molecular weight is 225 g/mol. The monoisotopic (exact) mass is 225 g/mol. The van der Waals surface area contributed by atoms with E-state index in [9.17, 15) is 0 Å². The summed E-state index contributed by atoms with van der Waals surface area (Å²) in [6.45, 7) is 13.8. The molecule has 0 amide bonds. The van der Waals surface area contributed by atoms with Crippen LogP contribution in [0.4, 0.5) is 0 Å². The lowest BCUT2D eigenvalue weighted by atomic mass is 9.90. The van der Waals surface area contributed by atoms with Crippen LogP contribution < -0.4 is 5.32 Å². The summed E-state index contributed by atoms with van der Waals surface area (Å²) in [5.41, 5.74) is -0.166. The molecule has 16 heavy (non-hydrogen) atoms. The molecule has 0 aliphatic rings. The van der Waals surface area contributed by atoms with Crippen molar-refractivity contribution in [1.29, 1.82) is 5.26 Å². The lowest BCUT2D eigenvalue weighted by Gasteiger charge is -2.18. The van der Waals surface area contributed by atoms with Crippen LogP contribution in [-0.4, -0.2) is 37.6 Å². The van der Waals surface area contributed by atoms with Crippen molar-refractivity contribution in [3.8, 4) is 6.07 Å². The number of hydrogen-bond acceptors (Lipinski definition) is 3. The SMILES string of the molecule is CCN(CC)CCNCCCC(C)(C)C#N. The molecule has 0 unspecified atom stereocenters. The number of hydrogen-bond donors (Lipinski definition) is 1. The van der Waals surface area contributed by atoms with Gasteiger partial charge in [-0.3, -0.25) is 0 Å². The van der Waals surface area contributed by atoms with Crippen molar-refractivity contribution in [2.45, 2.75) is 40.5 Å². The van der Waals surface area contributed by atoms with Gasteiger partial charge in [0.2, 0.25) is 0 Å². The minimum absolute atomic E-state index is 0.166. The van der Waals surface area contributed by atoms with Crippen molar-refractivity contribution >= 4 is 0 Å². The molecule has 0 radical (unpaired) electrons. The molecule has 0 spiro atoms. The molecule has 0 aliphatic carbocycles. The minimum Gasteiger partial charge on any atom is -0.315 e. The van der Waals surface area contributed by atoms with Crippen molar-refractivity contribution in [1.82, 2.24) is 10.2 Å². The standard InChI is InChI=1S/C13H27N3/c1-5-16(6-2)11-10-15-9-7-8-13(3,4)12-14/h15H,5-11H2,1-4H3. The van der Waals surface area contributed by atoms with Crippen LogP contribution in [0, 0.1) is 16.7 Å². The smallest absolute Gasteiger partial charge is 0.0683 e. The summed E-state index contributed by atoms with van der Waals surface area (Å²) >= 11 is 0. The van der Waals surface area contributed by atoms with E-state index in [-0.39, 0.29) is 5.41 Å². The zero-order valence-corrected chi connectivity index (χ0v) is 11.3. The number of nitrogens with zero attached hydrogens (tertiary/aromatic N) is 2. The fourth-order valence-corrected chi connectivity index (χ4v) is 1.61. The van der Waals surface area contributed by atoms with Crippen molar-refractivity contribution in [3.05, 3.63) is 0 Å². The zero-order chi connectivity index (χ0) is 12.4. The van der Waals surface area contributed by atoms with Gasteiger partial charge in [-0.05, 0) is 46.3 Å². The Morgan fingerprint density at radius 3 is 2.31 bits per heavy atom. The maximum atomic E-state index is 8.86. The Kier molecular flexibility index (Phi) is 8.23. The van der Waals surface area contributed by atoms with Crippen LogP contribution in [-0.2, 0) is 0 Å². The van der Waals surface area contributed by atoms with Crippen LogP contribution in [0.3, 0.4) is 0 Å². The van der Waals surface area contributed by atoms with Gasteiger partial charge in [0.1, 0.15) is 0 Å². The third kappa shape index (κ3) is 7.67. The highest BCUT2D eigenvalue weighted by atomic mass is 15.1. The highest BCUT2D eigenvalue weighted by Crippen LogP contribution is 2.19. The molecule has 0 rings (SSSR count). The predicted molar refractivity (Wildman–Crippen MR) is 69.3 cm³/mol. The Hall–Kier alpha value is -0.590. The minimum atomic E-state index is -0.166. The van der Waals surface area contributed by atoms with Crippen LogP contribution in [0.25, 0.3) is 0 Å². The summed E-state index contributed by atoms with van der Waals surface area (Å²) in [4.78, 5) is 2.41. The van der Waals surface area contributed by atoms with Gasteiger partial charge >= 0.3 is 0 Å². The molecule has 0 aliphatic heterocycles. The van der Waals surface area contributed by atoms with Gasteiger partial charge in [-0.25, -0.2) is 0 Å². The molecule has 0 saturated heterocycles.